The summed E-state index contributed by atoms with van der Waals surface area (Å²) in [5.74, 6) is 0.692. The van der Waals surface area contributed by atoms with Crippen molar-refractivity contribution in [2.75, 3.05) is 28.7 Å². The quantitative estimate of drug-likeness (QED) is 0.455. The van der Waals surface area contributed by atoms with Crippen molar-refractivity contribution in [1.82, 2.24) is 0 Å². The molecular weight excluding hydrogens is 460 g/mol. The molecule has 1 heterocycles. The van der Waals surface area contributed by atoms with Gasteiger partial charge in [-0.3, -0.25) is 4.79 Å². The molecule has 6 heteroatoms. The maximum Gasteiger partial charge on any atom is 0.258 e. The second-order valence-electron chi connectivity index (χ2n) is 6.34. The number of hydrogen-bond acceptors (Lipinski definition) is 3. The molecule has 4 nitrogen and oxygen atoms in total. The zero-order valence-corrected chi connectivity index (χ0v) is 17.8. The zero-order valence-electron chi connectivity index (χ0n) is 14.7. The number of halogens is 2. The number of anilines is 2. The molecular formula is C20H22Br2N2O2. The van der Waals surface area contributed by atoms with E-state index in [1.807, 2.05) is 47.4 Å². The van der Waals surface area contributed by atoms with Gasteiger partial charge >= 0.3 is 0 Å². The Kier molecular flexibility index (Phi) is 6.59. The van der Waals surface area contributed by atoms with Crippen LogP contribution in [0.15, 0.2) is 46.9 Å². The summed E-state index contributed by atoms with van der Waals surface area (Å²) in [4.78, 5) is 15.1. The van der Waals surface area contributed by atoms with Gasteiger partial charge in [-0.1, -0.05) is 28.1 Å². The van der Waals surface area contributed by atoms with E-state index in [1.54, 1.807) is 0 Å². The number of rotatable bonds is 5. The molecule has 2 aromatic carbocycles. The van der Waals surface area contributed by atoms with E-state index in [0.717, 1.165) is 34.0 Å². The van der Waals surface area contributed by atoms with Gasteiger partial charge in [0, 0.05) is 23.5 Å². The molecule has 0 aliphatic carbocycles. The third-order valence-corrected chi connectivity index (χ3v) is 5.56. The van der Waals surface area contributed by atoms with Gasteiger partial charge < -0.3 is 15.0 Å². The van der Waals surface area contributed by atoms with E-state index in [-0.39, 0.29) is 5.91 Å². The summed E-state index contributed by atoms with van der Waals surface area (Å²) in [6, 6.07) is 13.8. The summed E-state index contributed by atoms with van der Waals surface area (Å²) >= 11 is 6.90. The first-order chi connectivity index (χ1) is 12.6. The first kappa shape index (κ1) is 19.2. The van der Waals surface area contributed by atoms with Gasteiger partial charge in [0.15, 0.2) is 0 Å². The van der Waals surface area contributed by atoms with Crippen LogP contribution in [0.25, 0.3) is 0 Å². The van der Waals surface area contributed by atoms with Crippen LogP contribution in [0.2, 0.25) is 0 Å². The third kappa shape index (κ3) is 4.41. The largest absolute Gasteiger partial charge is 0.492 e. The molecule has 0 saturated carbocycles. The smallest absolute Gasteiger partial charge is 0.258 e. The van der Waals surface area contributed by atoms with Crippen LogP contribution in [-0.4, -0.2) is 30.4 Å². The van der Waals surface area contributed by atoms with Gasteiger partial charge in [0.2, 0.25) is 0 Å². The van der Waals surface area contributed by atoms with Crippen LogP contribution in [-0.2, 0) is 0 Å². The molecule has 0 saturated heterocycles. The normalized spacial score (nSPS) is 16.4. The molecule has 0 unspecified atom stereocenters. The van der Waals surface area contributed by atoms with E-state index < -0.39 is 0 Å². The highest BCUT2D eigenvalue weighted by atomic mass is 79.9. The van der Waals surface area contributed by atoms with Gasteiger partial charge in [0.05, 0.1) is 22.5 Å². The summed E-state index contributed by atoms with van der Waals surface area (Å²) in [7, 11) is 0. The first-order valence-electron chi connectivity index (χ1n) is 8.76. The molecule has 2 aromatic rings. The van der Waals surface area contributed by atoms with E-state index in [1.165, 1.54) is 0 Å². The van der Waals surface area contributed by atoms with Gasteiger partial charge in [-0.15, -0.1) is 0 Å². The summed E-state index contributed by atoms with van der Waals surface area (Å²) in [6.07, 6.45) is 1.80. The highest BCUT2D eigenvalue weighted by molar-refractivity contribution is 9.10. The SMILES string of the molecule is C[C@@H]1CCN(C(=O)c2ccc(Br)c(OCCCBr)c2)c2ccccc2N1. The Morgan fingerprint density at radius 1 is 1.31 bits per heavy atom. The van der Waals surface area contributed by atoms with Crippen LogP contribution < -0.4 is 15.0 Å². The Morgan fingerprint density at radius 2 is 2.12 bits per heavy atom. The molecule has 0 bridgehead atoms. The number of alkyl halides is 1. The van der Waals surface area contributed by atoms with Crippen LogP contribution in [0.3, 0.4) is 0 Å². The number of ether oxygens (including phenoxy) is 1. The van der Waals surface area contributed by atoms with E-state index in [0.29, 0.717) is 30.5 Å². The molecule has 0 radical (unpaired) electrons. The Morgan fingerprint density at radius 3 is 2.92 bits per heavy atom. The number of para-hydroxylation sites is 2. The molecule has 1 aliphatic rings. The van der Waals surface area contributed by atoms with E-state index >= 15 is 0 Å². The van der Waals surface area contributed by atoms with Crippen LogP contribution in [0.1, 0.15) is 30.1 Å². The van der Waals surface area contributed by atoms with Crippen LogP contribution in [0, 0.1) is 0 Å². The lowest BCUT2D eigenvalue weighted by molar-refractivity contribution is 0.0986. The fourth-order valence-corrected chi connectivity index (χ4v) is 3.55. The highest BCUT2D eigenvalue weighted by Crippen LogP contribution is 2.32. The minimum absolute atomic E-state index is 0.00816. The van der Waals surface area contributed by atoms with Crippen molar-refractivity contribution in [3.05, 3.63) is 52.5 Å². The maximum absolute atomic E-state index is 13.2. The van der Waals surface area contributed by atoms with Crippen LogP contribution >= 0.6 is 31.9 Å². The van der Waals surface area contributed by atoms with Crippen molar-refractivity contribution >= 4 is 49.1 Å². The number of nitrogens with zero attached hydrogens (tertiary/aromatic N) is 1. The average molecular weight is 482 g/mol. The third-order valence-electron chi connectivity index (χ3n) is 4.34. The number of fused-ring (bicyclic) bond motifs is 1. The van der Waals surface area contributed by atoms with Crippen molar-refractivity contribution in [1.29, 1.82) is 0 Å². The fraction of sp³-hybridized carbons (Fsp3) is 0.350. The Hall–Kier alpha value is -1.53. The summed E-state index contributed by atoms with van der Waals surface area (Å²) in [5.41, 5.74) is 2.55. The predicted octanol–water partition coefficient (Wildman–Crippen LogP) is 5.46. The lowest BCUT2D eigenvalue weighted by atomic mass is 10.1. The van der Waals surface area contributed by atoms with Gasteiger partial charge in [-0.2, -0.15) is 0 Å². The molecule has 26 heavy (non-hydrogen) atoms. The summed E-state index contributed by atoms with van der Waals surface area (Å²) in [6.45, 7) is 3.43. The summed E-state index contributed by atoms with van der Waals surface area (Å²) in [5, 5.41) is 4.37. The minimum Gasteiger partial charge on any atom is -0.492 e. The summed E-state index contributed by atoms with van der Waals surface area (Å²) < 4.78 is 6.66. The molecule has 1 aliphatic heterocycles. The number of hydrogen-bond donors (Lipinski definition) is 1. The van der Waals surface area contributed by atoms with Crippen LogP contribution in [0.4, 0.5) is 11.4 Å². The standard InChI is InChI=1S/C20H22Br2N2O2/c1-14-9-11-24(18-6-3-2-5-17(18)23-14)20(25)15-7-8-16(22)19(13-15)26-12-4-10-21/h2-3,5-8,13-14,23H,4,9-12H2,1H3/t14-/m1/s1. The number of carbonyl (C=O) groups is 1. The van der Waals surface area contributed by atoms with E-state index in [2.05, 4.69) is 44.1 Å². The molecule has 1 N–H and O–H groups in total. The number of benzene rings is 2. The zero-order chi connectivity index (χ0) is 18.5. The first-order valence-corrected chi connectivity index (χ1v) is 10.7. The topological polar surface area (TPSA) is 41.6 Å². The van der Waals surface area contributed by atoms with Crippen molar-refractivity contribution in [2.24, 2.45) is 0 Å². The van der Waals surface area contributed by atoms with Gasteiger partial charge in [-0.25, -0.2) is 0 Å². The fourth-order valence-electron chi connectivity index (χ4n) is 2.96. The Labute approximate surface area is 171 Å². The molecule has 0 spiro atoms. The number of amides is 1. The number of carbonyl (C=O) groups excluding carboxylic acids is 1. The Balaban J connectivity index is 1.88. The molecule has 0 fully saturated rings. The van der Waals surface area contributed by atoms with Gasteiger partial charge in [-0.05, 0) is 66.0 Å². The maximum atomic E-state index is 13.2. The van der Waals surface area contributed by atoms with Crippen molar-refractivity contribution in [3.8, 4) is 5.75 Å². The van der Waals surface area contributed by atoms with E-state index in [4.69, 9.17) is 4.74 Å². The Bertz CT molecular complexity index is 782. The molecule has 0 aromatic heterocycles. The second-order valence-corrected chi connectivity index (χ2v) is 7.99. The lowest BCUT2D eigenvalue weighted by Gasteiger charge is -2.23. The van der Waals surface area contributed by atoms with E-state index in [9.17, 15) is 4.79 Å². The second kappa shape index (κ2) is 8.91. The van der Waals surface area contributed by atoms with Gasteiger partial charge in [0.25, 0.3) is 5.91 Å². The highest BCUT2D eigenvalue weighted by Gasteiger charge is 2.24. The monoisotopic (exact) mass is 480 g/mol. The van der Waals surface area contributed by atoms with Crippen molar-refractivity contribution < 1.29 is 9.53 Å². The average Bonchev–Trinajstić information content (AvgIpc) is 2.81. The molecule has 3 rings (SSSR count). The minimum atomic E-state index is -0.00816. The molecule has 1 amide bonds. The lowest BCUT2D eigenvalue weighted by Crippen LogP contribution is -2.32. The van der Waals surface area contributed by atoms with Crippen molar-refractivity contribution in [3.63, 3.8) is 0 Å². The molecule has 138 valence electrons. The predicted molar refractivity (Wildman–Crippen MR) is 114 cm³/mol. The van der Waals surface area contributed by atoms with Crippen LogP contribution in [0.5, 0.6) is 5.75 Å². The number of nitrogens with one attached hydrogen (secondary N) is 1. The van der Waals surface area contributed by atoms with Crippen molar-refractivity contribution in [2.45, 2.75) is 25.8 Å². The van der Waals surface area contributed by atoms with Gasteiger partial charge in [0.1, 0.15) is 5.75 Å². The molecule has 1 atom stereocenters.